The molecule has 1 saturated carbocycles. The second-order valence-electron chi connectivity index (χ2n) is 4.72. The standard InChI is InChI=1S/C14H16O5S/c1-2-19-13(16)10-12(15)14(8-9-14)20(17,18)11-6-4-3-5-7-11/h3-7H,2,8-10H2,1H3. The van der Waals surface area contributed by atoms with Gasteiger partial charge in [0, 0.05) is 0 Å². The quantitative estimate of drug-likeness (QED) is 0.587. The van der Waals surface area contributed by atoms with Crippen LogP contribution < -0.4 is 0 Å². The van der Waals surface area contributed by atoms with Crippen LogP contribution in [-0.4, -0.2) is 31.5 Å². The predicted octanol–water partition coefficient (Wildman–Crippen LogP) is 1.52. The second-order valence-corrected chi connectivity index (χ2v) is 6.98. The molecule has 6 heteroatoms. The highest BCUT2D eigenvalue weighted by molar-refractivity contribution is 7.94. The van der Waals surface area contributed by atoms with Gasteiger partial charge < -0.3 is 4.74 Å². The van der Waals surface area contributed by atoms with Crippen molar-refractivity contribution in [3.8, 4) is 0 Å². The number of carbonyl (C=O) groups excluding carboxylic acids is 2. The normalized spacial score (nSPS) is 16.4. The van der Waals surface area contributed by atoms with Crippen molar-refractivity contribution in [3.05, 3.63) is 30.3 Å². The van der Waals surface area contributed by atoms with E-state index in [9.17, 15) is 18.0 Å². The number of sulfone groups is 1. The summed E-state index contributed by atoms with van der Waals surface area (Å²) < 4.78 is 28.3. The lowest BCUT2D eigenvalue weighted by molar-refractivity contribution is -0.145. The molecule has 20 heavy (non-hydrogen) atoms. The topological polar surface area (TPSA) is 77.5 Å². The van der Waals surface area contributed by atoms with E-state index in [-0.39, 0.29) is 24.3 Å². The van der Waals surface area contributed by atoms with Gasteiger partial charge in [-0.15, -0.1) is 0 Å². The molecule has 1 aromatic rings. The summed E-state index contributed by atoms with van der Waals surface area (Å²) in [6.45, 7) is 1.81. The van der Waals surface area contributed by atoms with E-state index in [4.69, 9.17) is 4.74 Å². The summed E-state index contributed by atoms with van der Waals surface area (Å²) in [4.78, 5) is 23.6. The van der Waals surface area contributed by atoms with Crippen LogP contribution in [0.2, 0.25) is 0 Å². The Kier molecular flexibility index (Phi) is 3.94. The zero-order chi connectivity index (χ0) is 14.8. The van der Waals surface area contributed by atoms with Crippen molar-refractivity contribution in [3.63, 3.8) is 0 Å². The molecule has 1 aromatic carbocycles. The van der Waals surface area contributed by atoms with Crippen molar-refractivity contribution in [1.29, 1.82) is 0 Å². The average Bonchev–Trinajstić information content (AvgIpc) is 3.21. The van der Waals surface area contributed by atoms with E-state index in [1.807, 2.05) is 0 Å². The predicted molar refractivity (Wildman–Crippen MR) is 71.8 cm³/mol. The largest absolute Gasteiger partial charge is 0.466 e. The Bertz CT molecular complexity index is 614. The Hall–Kier alpha value is -1.69. The lowest BCUT2D eigenvalue weighted by Crippen LogP contribution is -2.34. The number of benzene rings is 1. The van der Waals surface area contributed by atoms with Gasteiger partial charge >= 0.3 is 5.97 Å². The van der Waals surface area contributed by atoms with Gasteiger partial charge in [0.25, 0.3) is 0 Å². The zero-order valence-electron chi connectivity index (χ0n) is 11.2. The van der Waals surface area contributed by atoms with Gasteiger partial charge in [-0.25, -0.2) is 8.42 Å². The van der Waals surface area contributed by atoms with Crippen molar-refractivity contribution in [1.82, 2.24) is 0 Å². The zero-order valence-corrected chi connectivity index (χ0v) is 12.0. The van der Waals surface area contributed by atoms with E-state index < -0.39 is 32.8 Å². The van der Waals surface area contributed by atoms with Crippen LogP contribution >= 0.6 is 0 Å². The Balaban J connectivity index is 2.23. The number of rotatable bonds is 6. The Labute approximate surface area is 117 Å². The summed E-state index contributed by atoms with van der Waals surface area (Å²) in [5.74, 6) is -1.24. The van der Waals surface area contributed by atoms with Crippen molar-refractivity contribution in [2.75, 3.05) is 6.61 Å². The molecule has 0 saturated heterocycles. The van der Waals surface area contributed by atoms with Crippen molar-refractivity contribution in [2.24, 2.45) is 0 Å². The molecule has 0 heterocycles. The van der Waals surface area contributed by atoms with Gasteiger partial charge in [-0.05, 0) is 31.9 Å². The molecule has 0 amide bonds. The Morgan fingerprint density at radius 1 is 1.20 bits per heavy atom. The van der Waals surface area contributed by atoms with E-state index in [1.165, 1.54) is 12.1 Å². The highest BCUT2D eigenvalue weighted by Gasteiger charge is 2.60. The van der Waals surface area contributed by atoms with Crippen molar-refractivity contribution >= 4 is 21.6 Å². The molecular formula is C14H16O5S. The van der Waals surface area contributed by atoms with Crippen LogP contribution in [0.1, 0.15) is 26.2 Å². The molecule has 2 rings (SSSR count). The monoisotopic (exact) mass is 296 g/mol. The highest BCUT2D eigenvalue weighted by Crippen LogP contribution is 2.48. The third-order valence-electron chi connectivity index (χ3n) is 3.39. The lowest BCUT2D eigenvalue weighted by atomic mass is 10.2. The Morgan fingerprint density at radius 3 is 2.30 bits per heavy atom. The van der Waals surface area contributed by atoms with Crippen LogP contribution in [0.5, 0.6) is 0 Å². The summed E-state index contributed by atoms with van der Waals surface area (Å²) in [6, 6.07) is 7.86. The molecule has 0 unspecified atom stereocenters. The van der Waals surface area contributed by atoms with E-state index in [1.54, 1.807) is 25.1 Å². The van der Waals surface area contributed by atoms with Crippen LogP contribution in [0.3, 0.4) is 0 Å². The molecular weight excluding hydrogens is 280 g/mol. The fraction of sp³-hybridized carbons (Fsp3) is 0.429. The van der Waals surface area contributed by atoms with Gasteiger partial charge in [-0.2, -0.15) is 0 Å². The molecule has 1 fully saturated rings. The van der Waals surface area contributed by atoms with Gasteiger partial charge in [0.05, 0.1) is 11.5 Å². The molecule has 0 spiro atoms. The van der Waals surface area contributed by atoms with Gasteiger partial charge in [-0.1, -0.05) is 18.2 Å². The number of carbonyl (C=O) groups is 2. The summed E-state index contributed by atoms with van der Waals surface area (Å²) >= 11 is 0. The van der Waals surface area contributed by atoms with E-state index >= 15 is 0 Å². The first-order chi connectivity index (χ1) is 9.44. The number of hydrogen-bond acceptors (Lipinski definition) is 5. The van der Waals surface area contributed by atoms with E-state index in [0.29, 0.717) is 0 Å². The fourth-order valence-corrected chi connectivity index (χ4v) is 4.12. The van der Waals surface area contributed by atoms with Gasteiger partial charge in [0.15, 0.2) is 15.6 Å². The maximum atomic E-state index is 12.5. The van der Waals surface area contributed by atoms with Crippen LogP contribution in [0, 0.1) is 0 Å². The summed E-state index contributed by atoms with van der Waals surface area (Å²) in [5.41, 5.74) is 0. The highest BCUT2D eigenvalue weighted by atomic mass is 32.2. The number of esters is 1. The molecule has 0 N–H and O–H groups in total. The molecule has 1 aliphatic rings. The summed E-state index contributed by atoms with van der Waals surface area (Å²) in [7, 11) is -3.74. The first kappa shape index (κ1) is 14.7. The minimum absolute atomic E-state index is 0.120. The summed E-state index contributed by atoms with van der Waals surface area (Å²) in [5, 5.41) is 0. The first-order valence-corrected chi connectivity index (χ1v) is 7.91. The SMILES string of the molecule is CCOC(=O)CC(=O)C1(S(=O)(=O)c2ccccc2)CC1. The average molecular weight is 296 g/mol. The third kappa shape index (κ3) is 2.47. The van der Waals surface area contributed by atoms with E-state index in [0.717, 1.165) is 0 Å². The number of Topliss-reactive ketones (excluding diaryl/α,β-unsaturated/α-hetero) is 1. The molecule has 0 aromatic heterocycles. The minimum Gasteiger partial charge on any atom is -0.466 e. The molecule has 1 aliphatic carbocycles. The molecule has 108 valence electrons. The summed E-state index contributed by atoms with van der Waals surface area (Å²) in [6.07, 6.45) is 0.0465. The van der Waals surface area contributed by atoms with Crippen LogP contribution in [0.25, 0.3) is 0 Å². The molecule has 0 atom stereocenters. The maximum absolute atomic E-state index is 12.5. The minimum atomic E-state index is -3.74. The molecule has 5 nitrogen and oxygen atoms in total. The molecule has 0 bridgehead atoms. The van der Waals surface area contributed by atoms with Crippen LogP contribution in [0.15, 0.2) is 35.2 Å². The Morgan fingerprint density at radius 2 is 1.80 bits per heavy atom. The smallest absolute Gasteiger partial charge is 0.313 e. The number of ketones is 1. The van der Waals surface area contributed by atoms with Crippen LogP contribution in [-0.2, 0) is 24.2 Å². The van der Waals surface area contributed by atoms with Gasteiger partial charge in [0.2, 0.25) is 0 Å². The number of ether oxygens (including phenoxy) is 1. The van der Waals surface area contributed by atoms with Gasteiger partial charge in [0.1, 0.15) is 11.2 Å². The van der Waals surface area contributed by atoms with Crippen LogP contribution in [0.4, 0.5) is 0 Å². The number of hydrogen-bond donors (Lipinski definition) is 0. The fourth-order valence-electron chi connectivity index (χ4n) is 2.14. The third-order valence-corrected chi connectivity index (χ3v) is 5.95. The second kappa shape index (κ2) is 5.36. The lowest BCUT2D eigenvalue weighted by Gasteiger charge is -2.14. The maximum Gasteiger partial charge on any atom is 0.313 e. The molecule has 0 radical (unpaired) electrons. The van der Waals surface area contributed by atoms with Crippen molar-refractivity contribution < 1.29 is 22.7 Å². The van der Waals surface area contributed by atoms with Gasteiger partial charge in [-0.3, -0.25) is 9.59 Å². The van der Waals surface area contributed by atoms with Crippen molar-refractivity contribution in [2.45, 2.75) is 35.8 Å². The van der Waals surface area contributed by atoms with E-state index in [2.05, 4.69) is 0 Å². The molecule has 0 aliphatic heterocycles. The first-order valence-electron chi connectivity index (χ1n) is 6.42.